The van der Waals surface area contributed by atoms with Crippen molar-refractivity contribution < 1.29 is 14.3 Å². The average molecular weight is 280 g/mol. The lowest BCUT2D eigenvalue weighted by atomic mass is 10.0. The Bertz CT molecular complexity index is 549. The lowest BCUT2D eigenvalue weighted by Gasteiger charge is -2.19. The Morgan fingerprint density at radius 1 is 1.50 bits per heavy atom. The summed E-state index contributed by atoms with van der Waals surface area (Å²) in [5.74, 6) is -0.307. The summed E-state index contributed by atoms with van der Waals surface area (Å²) in [5.41, 5.74) is 0.583. The van der Waals surface area contributed by atoms with Crippen molar-refractivity contribution in [2.75, 3.05) is 7.11 Å². The topological polar surface area (TPSA) is 78.3 Å². The normalized spacial score (nSPS) is 12.2. The molecule has 6 nitrogen and oxygen atoms in total. The van der Waals surface area contributed by atoms with Gasteiger partial charge < -0.3 is 9.53 Å². The maximum atomic E-state index is 12.2. The average Bonchev–Trinajstić information content (AvgIpc) is 2.39. The molecule has 0 aliphatic carbocycles. The number of hydrogen-bond acceptors (Lipinski definition) is 5. The summed E-state index contributed by atoms with van der Waals surface area (Å²) < 4.78 is 5.89. The SMILES string of the molecule is COC(=O)C(CC(C)C)n1nc(CC=O)cc(C)c1=O. The van der Waals surface area contributed by atoms with E-state index in [1.54, 1.807) is 13.0 Å². The van der Waals surface area contributed by atoms with E-state index >= 15 is 0 Å². The summed E-state index contributed by atoms with van der Waals surface area (Å²) in [5, 5.41) is 4.12. The lowest BCUT2D eigenvalue weighted by molar-refractivity contribution is -0.145. The van der Waals surface area contributed by atoms with Gasteiger partial charge in [-0.3, -0.25) is 4.79 Å². The molecule has 0 saturated heterocycles. The maximum Gasteiger partial charge on any atom is 0.330 e. The molecule has 0 amide bonds. The van der Waals surface area contributed by atoms with Gasteiger partial charge in [-0.2, -0.15) is 5.10 Å². The molecule has 1 atom stereocenters. The summed E-state index contributed by atoms with van der Waals surface area (Å²) in [6, 6.07) is 0.800. The molecule has 0 spiro atoms. The van der Waals surface area contributed by atoms with Gasteiger partial charge in [0.05, 0.1) is 12.8 Å². The van der Waals surface area contributed by atoms with Gasteiger partial charge in [0.15, 0.2) is 6.04 Å². The second-order valence-corrected chi connectivity index (χ2v) is 5.11. The van der Waals surface area contributed by atoms with Crippen LogP contribution in [0.3, 0.4) is 0 Å². The van der Waals surface area contributed by atoms with Gasteiger partial charge in [0.1, 0.15) is 6.29 Å². The van der Waals surface area contributed by atoms with Crippen molar-refractivity contribution in [3.05, 3.63) is 27.7 Å². The molecule has 110 valence electrons. The summed E-state index contributed by atoms with van der Waals surface area (Å²) in [6.45, 7) is 5.53. The smallest absolute Gasteiger partial charge is 0.330 e. The van der Waals surface area contributed by atoms with E-state index in [1.165, 1.54) is 7.11 Å². The molecule has 20 heavy (non-hydrogen) atoms. The van der Waals surface area contributed by atoms with Crippen molar-refractivity contribution in [3.8, 4) is 0 Å². The van der Waals surface area contributed by atoms with Gasteiger partial charge in [0, 0.05) is 12.0 Å². The maximum absolute atomic E-state index is 12.2. The van der Waals surface area contributed by atoms with Crippen LogP contribution in [0.2, 0.25) is 0 Å². The minimum Gasteiger partial charge on any atom is -0.467 e. The van der Waals surface area contributed by atoms with Crippen LogP contribution in [-0.4, -0.2) is 29.1 Å². The van der Waals surface area contributed by atoms with E-state index in [-0.39, 0.29) is 17.9 Å². The van der Waals surface area contributed by atoms with Crippen LogP contribution in [-0.2, 0) is 20.7 Å². The van der Waals surface area contributed by atoms with E-state index in [1.807, 2.05) is 13.8 Å². The minimum atomic E-state index is -0.766. The number of ether oxygens (including phenoxy) is 1. The molecule has 0 aliphatic heterocycles. The number of carbonyl (C=O) groups excluding carboxylic acids is 2. The minimum absolute atomic E-state index is 0.108. The Morgan fingerprint density at radius 3 is 2.65 bits per heavy atom. The van der Waals surface area contributed by atoms with E-state index in [2.05, 4.69) is 5.10 Å². The van der Waals surface area contributed by atoms with Crippen LogP contribution in [0.5, 0.6) is 0 Å². The van der Waals surface area contributed by atoms with E-state index in [0.717, 1.165) is 4.68 Å². The third-order valence-electron chi connectivity index (χ3n) is 2.92. The van der Waals surface area contributed by atoms with Crippen LogP contribution < -0.4 is 5.56 Å². The zero-order chi connectivity index (χ0) is 15.3. The molecule has 0 N–H and O–H groups in total. The molecule has 0 saturated carbocycles. The molecule has 0 aliphatic rings. The highest BCUT2D eigenvalue weighted by molar-refractivity contribution is 5.73. The van der Waals surface area contributed by atoms with Crippen LogP contribution in [0.25, 0.3) is 0 Å². The van der Waals surface area contributed by atoms with E-state index < -0.39 is 12.0 Å². The molecular formula is C14H20N2O4. The zero-order valence-electron chi connectivity index (χ0n) is 12.3. The Kier molecular flexibility index (Phi) is 5.61. The summed E-state index contributed by atoms with van der Waals surface area (Å²) >= 11 is 0. The lowest BCUT2D eigenvalue weighted by Crippen LogP contribution is -2.35. The van der Waals surface area contributed by atoms with Crippen molar-refractivity contribution in [2.24, 2.45) is 5.92 Å². The number of carbonyl (C=O) groups is 2. The van der Waals surface area contributed by atoms with Gasteiger partial charge >= 0.3 is 5.97 Å². The molecule has 1 aromatic rings. The Hall–Kier alpha value is -1.98. The van der Waals surface area contributed by atoms with Gasteiger partial charge in [0.25, 0.3) is 5.56 Å². The van der Waals surface area contributed by atoms with Crippen LogP contribution in [0.4, 0.5) is 0 Å². The van der Waals surface area contributed by atoms with Gasteiger partial charge in [-0.1, -0.05) is 13.8 Å². The molecule has 1 aromatic heterocycles. The number of esters is 1. The van der Waals surface area contributed by atoms with Crippen LogP contribution >= 0.6 is 0 Å². The highest BCUT2D eigenvalue weighted by atomic mass is 16.5. The summed E-state index contributed by atoms with van der Waals surface area (Å²) in [7, 11) is 1.28. The number of rotatable bonds is 6. The van der Waals surface area contributed by atoms with Crippen molar-refractivity contribution in [3.63, 3.8) is 0 Å². The first-order chi connectivity index (χ1) is 9.40. The van der Waals surface area contributed by atoms with Crippen molar-refractivity contribution >= 4 is 12.3 Å². The number of nitrogens with zero attached hydrogens (tertiary/aromatic N) is 2. The fraction of sp³-hybridized carbons (Fsp3) is 0.571. The fourth-order valence-corrected chi connectivity index (χ4v) is 1.98. The highest BCUT2D eigenvalue weighted by Crippen LogP contribution is 2.17. The van der Waals surface area contributed by atoms with Gasteiger partial charge in [-0.15, -0.1) is 0 Å². The van der Waals surface area contributed by atoms with Gasteiger partial charge in [0.2, 0.25) is 0 Å². The van der Waals surface area contributed by atoms with Gasteiger partial charge in [-0.25, -0.2) is 9.48 Å². The first-order valence-electron chi connectivity index (χ1n) is 6.51. The molecule has 6 heteroatoms. The molecule has 1 rings (SSSR count). The number of hydrogen-bond donors (Lipinski definition) is 0. The van der Waals surface area contributed by atoms with Crippen molar-refractivity contribution in [1.29, 1.82) is 0 Å². The number of aryl methyl sites for hydroxylation is 1. The standard InChI is InChI=1S/C14H20N2O4/c1-9(2)7-12(14(19)20-4)16-13(18)10(3)8-11(15-16)5-6-17/h6,8-9,12H,5,7H2,1-4H3. The van der Waals surface area contributed by atoms with Crippen LogP contribution in [0.15, 0.2) is 10.9 Å². The monoisotopic (exact) mass is 280 g/mol. The molecule has 0 aromatic carbocycles. The predicted octanol–water partition coefficient (Wildman–Crippen LogP) is 1.05. The van der Waals surface area contributed by atoms with Gasteiger partial charge in [-0.05, 0) is 25.3 Å². The molecule has 1 unspecified atom stereocenters. The zero-order valence-corrected chi connectivity index (χ0v) is 12.3. The number of aldehydes is 1. The van der Waals surface area contributed by atoms with Crippen molar-refractivity contribution in [1.82, 2.24) is 9.78 Å². The molecular weight excluding hydrogens is 260 g/mol. The summed E-state index contributed by atoms with van der Waals surface area (Å²) in [6.07, 6.45) is 1.27. The largest absolute Gasteiger partial charge is 0.467 e. The van der Waals surface area contributed by atoms with E-state index in [4.69, 9.17) is 4.74 Å². The second-order valence-electron chi connectivity index (χ2n) is 5.11. The highest BCUT2D eigenvalue weighted by Gasteiger charge is 2.25. The third kappa shape index (κ3) is 3.76. The summed E-state index contributed by atoms with van der Waals surface area (Å²) in [4.78, 5) is 34.7. The van der Waals surface area contributed by atoms with E-state index in [9.17, 15) is 14.4 Å². The van der Waals surface area contributed by atoms with Crippen LogP contribution in [0, 0.1) is 12.8 Å². The molecule has 0 radical (unpaired) electrons. The number of methoxy groups -OCH3 is 1. The molecule has 0 fully saturated rings. The fourth-order valence-electron chi connectivity index (χ4n) is 1.98. The van der Waals surface area contributed by atoms with Crippen molar-refractivity contribution in [2.45, 2.75) is 39.7 Å². The number of aromatic nitrogens is 2. The molecule has 0 bridgehead atoms. The Labute approximate surface area is 117 Å². The predicted molar refractivity (Wildman–Crippen MR) is 73.5 cm³/mol. The third-order valence-corrected chi connectivity index (χ3v) is 2.92. The second kappa shape index (κ2) is 6.98. The Balaban J connectivity index is 3.34. The quantitative estimate of drug-likeness (QED) is 0.575. The first-order valence-corrected chi connectivity index (χ1v) is 6.51. The molecule has 1 heterocycles. The van der Waals surface area contributed by atoms with Crippen LogP contribution in [0.1, 0.15) is 37.6 Å². The first kappa shape index (κ1) is 16.1. The van der Waals surface area contributed by atoms with E-state index in [0.29, 0.717) is 24.0 Å². The Morgan fingerprint density at radius 2 is 2.15 bits per heavy atom.